The smallest absolute Gasteiger partial charge is 0.462 e. The number of hydrogen-bond donors (Lipinski definition) is 4. The molecule has 1 aliphatic carbocycles. The van der Waals surface area contributed by atoms with Crippen LogP contribution in [0.15, 0.2) is 12.2 Å². The van der Waals surface area contributed by atoms with Crippen LogP contribution in [0.1, 0.15) is 168 Å². The van der Waals surface area contributed by atoms with Gasteiger partial charge in [0.25, 0.3) is 0 Å². The second-order valence-corrected chi connectivity index (χ2v) is 16.1. The molecule has 53 heavy (non-hydrogen) atoms. The highest BCUT2D eigenvalue weighted by Gasteiger charge is 2.39. The van der Waals surface area contributed by atoms with Crippen molar-refractivity contribution in [2.24, 2.45) is 17.6 Å². The van der Waals surface area contributed by atoms with E-state index in [1.54, 1.807) is 6.08 Å². The molecule has 1 unspecified atom stereocenters. The summed E-state index contributed by atoms with van der Waals surface area (Å²) < 4.78 is 32.7. The summed E-state index contributed by atoms with van der Waals surface area (Å²) in [6.45, 7) is 3.35. The van der Waals surface area contributed by atoms with E-state index in [2.05, 4.69) is 13.8 Å². The molecule has 1 aliphatic rings. The molecular weight excluding hydrogens is 701 g/mol. The van der Waals surface area contributed by atoms with E-state index in [4.69, 9.17) is 24.3 Å². The minimum absolute atomic E-state index is 0.0208. The van der Waals surface area contributed by atoms with E-state index in [9.17, 15) is 34.1 Å². The Bertz CT molecular complexity index is 1040. The summed E-state index contributed by atoms with van der Waals surface area (Å²) in [5.74, 6) is -1.50. The number of esters is 2. The first-order valence-electron chi connectivity index (χ1n) is 20.8. The maximum atomic E-state index is 12.6. The van der Waals surface area contributed by atoms with Crippen LogP contribution >= 0.6 is 7.82 Å². The number of nitrogens with two attached hydrogens (primary N) is 1. The van der Waals surface area contributed by atoms with Crippen molar-refractivity contribution in [1.29, 1.82) is 0 Å². The Kier molecular flexibility index (Phi) is 29.4. The van der Waals surface area contributed by atoms with Crippen LogP contribution in [0.25, 0.3) is 0 Å². The lowest BCUT2D eigenvalue weighted by Gasteiger charge is -2.20. The molecule has 1 rings (SSSR count). The predicted molar refractivity (Wildman–Crippen MR) is 207 cm³/mol. The Morgan fingerprint density at radius 2 is 1.36 bits per heavy atom. The second-order valence-electron chi connectivity index (χ2n) is 14.6. The number of hydrogen-bond acceptors (Lipinski definition) is 11. The normalized spacial score (nSPS) is 19.7. The maximum absolute atomic E-state index is 12.6. The largest absolute Gasteiger partial charge is 0.472 e. The summed E-state index contributed by atoms with van der Waals surface area (Å²) in [7, 11) is -4.43. The molecule has 0 amide bonds. The second kappa shape index (κ2) is 31.5. The molecule has 0 aromatic rings. The van der Waals surface area contributed by atoms with Gasteiger partial charge in [0.05, 0.1) is 25.4 Å². The van der Waals surface area contributed by atoms with E-state index in [0.29, 0.717) is 25.7 Å². The zero-order valence-electron chi connectivity index (χ0n) is 33.0. The molecule has 0 saturated heterocycles. The molecule has 0 aromatic heterocycles. The number of phosphoric acid groups is 1. The van der Waals surface area contributed by atoms with Gasteiger partial charge >= 0.3 is 19.8 Å². The molecule has 6 atom stereocenters. The van der Waals surface area contributed by atoms with Crippen LogP contribution in [0.3, 0.4) is 0 Å². The van der Waals surface area contributed by atoms with Gasteiger partial charge in [-0.05, 0) is 25.7 Å². The molecule has 0 bridgehead atoms. The van der Waals surface area contributed by atoms with Crippen LogP contribution < -0.4 is 5.73 Å². The van der Waals surface area contributed by atoms with Gasteiger partial charge in [-0.2, -0.15) is 0 Å². The number of carbonyl (C=O) groups is 3. The van der Waals surface area contributed by atoms with Gasteiger partial charge in [-0.1, -0.05) is 135 Å². The molecule has 0 radical (unpaired) electrons. The molecule has 0 spiro atoms. The van der Waals surface area contributed by atoms with E-state index in [-0.39, 0.29) is 56.6 Å². The molecular formula is C40H74NO11P. The molecule has 12 nitrogen and oxygen atoms in total. The number of ether oxygens (including phenoxy) is 2. The number of rotatable bonds is 35. The van der Waals surface area contributed by atoms with Gasteiger partial charge in [0, 0.05) is 37.6 Å². The molecule has 0 aliphatic heterocycles. The first-order chi connectivity index (χ1) is 25.5. The van der Waals surface area contributed by atoms with Crippen molar-refractivity contribution < 1.29 is 52.6 Å². The van der Waals surface area contributed by atoms with Crippen molar-refractivity contribution in [2.75, 3.05) is 26.4 Å². The molecule has 0 heterocycles. The summed E-state index contributed by atoms with van der Waals surface area (Å²) in [5, 5.41) is 20.7. The Balaban J connectivity index is 2.40. The minimum atomic E-state index is -4.43. The minimum Gasteiger partial charge on any atom is -0.462 e. The topological polar surface area (TPSA) is 192 Å². The van der Waals surface area contributed by atoms with Crippen LogP contribution in [0.2, 0.25) is 0 Å². The Labute approximate surface area is 319 Å². The monoisotopic (exact) mass is 775 g/mol. The van der Waals surface area contributed by atoms with E-state index < -0.39 is 44.7 Å². The van der Waals surface area contributed by atoms with E-state index in [1.807, 2.05) is 6.08 Å². The first-order valence-corrected chi connectivity index (χ1v) is 22.3. The van der Waals surface area contributed by atoms with Crippen molar-refractivity contribution >= 4 is 25.5 Å². The molecule has 0 aromatic carbocycles. The number of phosphoric ester groups is 1. The summed E-state index contributed by atoms with van der Waals surface area (Å²) >= 11 is 0. The molecule has 13 heteroatoms. The number of carbonyl (C=O) groups excluding carboxylic acids is 3. The van der Waals surface area contributed by atoms with Crippen LogP contribution in [-0.4, -0.2) is 77.5 Å². The highest BCUT2D eigenvalue weighted by atomic mass is 31.2. The number of ketones is 1. The van der Waals surface area contributed by atoms with Gasteiger partial charge in [0.1, 0.15) is 12.4 Å². The highest BCUT2D eigenvalue weighted by Crippen LogP contribution is 2.43. The first kappa shape index (κ1) is 49.4. The Hall–Kier alpha value is -1.66. The zero-order valence-corrected chi connectivity index (χ0v) is 33.9. The van der Waals surface area contributed by atoms with E-state index in [1.165, 1.54) is 51.4 Å². The van der Waals surface area contributed by atoms with Crippen molar-refractivity contribution in [2.45, 2.75) is 186 Å². The third-order valence-electron chi connectivity index (χ3n) is 9.80. The summed E-state index contributed by atoms with van der Waals surface area (Å²) in [6, 6.07) is 0. The van der Waals surface area contributed by atoms with Gasteiger partial charge in [0.2, 0.25) is 0 Å². The third-order valence-corrected chi connectivity index (χ3v) is 10.8. The fourth-order valence-electron chi connectivity index (χ4n) is 6.65. The van der Waals surface area contributed by atoms with E-state index >= 15 is 0 Å². The molecule has 310 valence electrons. The van der Waals surface area contributed by atoms with Crippen LogP contribution in [-0.2, 0) is 37.5 Å². The van der Waals surface area contributed by atoms with Crippen LogP contribution in [0.5, 0.6) is 0 Å². The lowest BCUT2D eigenvalue weighted by Crippen LogP contribution is -2.29. The third kappa shape index (κ3) is 25.9. The van der Waals surface area contributed by atoms with Gasteiger partial charge in [-0.15, -0.1) is 0 Å². The van der Waals surface area contributed by atoms with Crippen molar-refractivity contribution in [3.05, 3.63) is 12.2 Å². The van der Waals surface area contributed by atoms with Crippen LogP contribution in [0.4, 0.5) is 0 Å². The summed E-state index contributed by atoms with van der Waals surface area (Å²) in [5.41, 5.74) is 5.33. The molecule has 1 fully saturated rings. The average Bonchev–Trinajstić information content (AvgIpc) is 3.40. The SMILES string of the molecule is CCCCCCCCCCCCCCC(=O)O[C@H](COC(=O)CCCCCC[C@H]1C(=O)C[C@@H](O)[C@@H]1/C=C/[C@@H](O)CCCCC)COP(=O)(O)OCCN. The van der Waals surface area contributed by atoms with Crippen molar-refractivity contribution in [3.8, 4) is 0 Å². The van der Waals surface area contributed by atoms with E-state index in [0.717, 1.165) is 57.8 Å². The van der Waals surface area contributed by atoms with Gasteiger partial charge in [-0.25, -0.2) is 4.57 Å². The van der Waals surface area contributed by atoms with Crippen LogP contribution in [0, 0.1) is 11.8 Å². The number of aliphatic hydroxyl groups excluding tert-OH is 2. The highest BCUT2D eigenvalue weighted by molar-refractivity contribution is 7.47. The lowest BCUT2D eigenvalue weighted by molar-refractivity contribution is -0.161. The zero-order chi connectivity index (χ0) is 39.2. The Morgan fingerprint density at radius 1 is 0.811 bits per heavy atom. The van der Waals surface area contributed by atoms with Crippen molar-refractivity contribution in [1.82, 2.24) is 0 Å². The quantitative estimate of drug-likeness (QED) is 0.0210. The van der Waals surface area contributed by atoms with Gasteiger partial charge < -0.3 is 30.3 Å². The maximum Gasteiger partial charge on any atom is 0.472 e. The van der Waals surface area contributed by atoms with Gasteiger partial charge in [-0.3, -0.25) is 23.4 Å². The fourth-order valence-corrected chi connectivity index (χ4v) is 7.41. The fraction of sp³-hybridized carbons (Fsp3) is 0.875. The molecule has 1 saturated carbocycles. The summed E-state index contributed by atoms with van der Waals surface area (Å²) in [4.78, 5) is 47.5. The summed E-state index contributed by atoms with van der Waals surface area (Å²) in [6.07, 6.45) is 22.9. The molecule has 5 N–H and O–H groups in total. The number of unbranched alkanes of at least 4 members (excludes halogenated alkanes) is 16. The average molecular weight is 776 g/mol. The number of Topliss-reactive ketones (excluding diaryl/α,β-unsaturated/α-hetero) is 1. The Morgan fingerprint density at radius 3 is 1.96 bits per heavy atom. The van der Waals surface area contributed by atoms with Crippen molar-refractivity contribution in [3.63, 3.8) is 0 Å². The predicted octanol–water partition coefficient (Wildman–Crippen LogP) is 8.03. The standard InChI is InChI=1S/C40H74NO11P/c1-3-5-7-8-9-10-11-12-13-14-15-21-25-40(46)52-34(32-51-53(47,48)50-29-28-41)31-49-39(45)24-20-17-16-19-23-35-36(38(44)30-37(35)43)27-26-33(42)22-18-6-4-2/h26-27,33-36,38,42,44H,3-25,28-32,41H2,1-2H3,(H,47,48)/b27-26+/t33-,34+,35+,36+,38+/m0/s1. The van der Waals surface area contributed by atoms with Gasteiger partial charge in [0.15, 0.2) is 6.10 Å². The number of aliphatic hydroxyl groups is 2. The lowest BCUT2D eigenvalue weighted by atomic mass is 9.88.